The minimum absolute atomic E-state index is 0.0924. The Balaban J connectivity index is 1.88. The van der Waals surface area contributed by atoms with Gasteiger partial charge in [-0.15, -0.1) is 0 Å². The average molecular weight is 302 g/mol. The van der Waals surface area contributed by atoms with Crippen molar-refractivity contribution in [1.29, 1.82) is 0 Å². The van der Waals surface area contributed by atoms with E-state index >= 15 is 0 Å². The molecule has 1 heterocycles. The van der Waals surface area contributed by atoms with Gasteiger partial charge in [-0.2, -0.15) is 0 Å². The maximum Gasteiger partial charge on any atom is 0.416 e. The quantitative estimate of drug-likeness (QED) is 0.853. The summed E-state index contributed by atoms with van der Waals surface area (Å²) < 4.78 is 18.9. The number of carboxylic acid groups (broad SMARTS) is 1. The Morgan fingerprint density at radius 1 is 1.38 bits per heavy atom. The topological polar surface area (TPSA) is 87.2 Å². The molecule has 118 valence electrons. The van der Waals surface area contributed by atoms with Crippen LogP contribution >= 0.6 is 0 Å². The maximum absolute atomic E-state index is 14.3. The van der Waals surface area contributed by atoms with Gasteiger partial charge >= 0.3 is 12.2 Å². The number of rotatable bonds is 3. The number of amides is 3. The molecule has 3 amide bonds. The Hall–Kier alpha value is -1.86. The fourth-order valence-electron chi connectivity index (χ4n) is 2.88. The van der Waals surface area contributed by atoms with E-state index < -0.39 is 30.2 Å². The number of carbonyl (C=O) groups is 3. The number of imide groups is 1. The van der Waals surface area contributed by atoms with Crippen molar-refractivity contribution in [2.45, 2.75) is 37.9 Å². The Morgan fingerprint density at radius 2 is 2.00 bits per heavy atom. The van der Waals surface area contributed by atoms with Crippen LogP contribution in [-0.2, 0) is 9.53 Å². The first-order chi connectivity index (χ1) is 9.91. The lowest BCUT2D eigenvalue weighted by Crippen LogP contribution is -2.44. The predicted octanol–water partition coefficient (Wildman–Crippen LogP) is 1.47. The van der Waals surface area contributed by atoms with E-state index in [-0.39, 0.29) is 19.2 Å². The van der Waals surface area contributed by atoms with Crippen molar-refractivity contribution in [2.24, 2.45) is 5.92 Å². The van der Waals surface area contributed by atoms with Gasteiger partial charge in [-0.25, -0.2) is 18.9 Å². The lowest BCUT2D eigenvalue weighted by molar-refractivity contribution is -0.135. The first kappa shape index (κ1) is 15.5. The lowest BCUT2D eigenvalue weighted by Gasteiger charge is -2.34. The molecule has 2 fully saturated rings. The number of ether oxygens (including phenoxy) is 1. The van der Waals surface area contributed by atoms with Gasteiger partial charge in [0, 0.05) is 13.1 Å². The number of hydrogen-bond donors (Lipinski definition) is 1. The summed E-state index contributed by atoms with van der Waals surface area (Å²) in [5, 5.41) is 8.91. The molecule has 1 aliphatic carbocycles. The first-order valence-corrected chi connectivity index (χ1v) is 6.99. The number of hydrogen-bond acceptors (Lipinski definition) is 4. The summed E-state index contributed by atoms with van der Waals surface area (Å²) in [6.45, 7) is 0.197. The summed E-state index contributed by atoms with van der Waals surface area (Å²) in [7, 11) is 1.49. The van der Waals surface area contributed by atoms with E-state index in [2.05, 4.69) is 4.74 Å². The molecule has 1 N–H and O–H groups in total. The van der Waals surface area contributed by atoms with E-state index in [0.29, 0.717) is 25.7 Å². The molecule has 2 rings (SSSR count). The third kappa shape index (κ3) is 3.25. The van der Waals surface area contributed by atoms with Crippen LogP contribution in [-0.4, -0.2) is 65.4 Å². The first-order valence-electron chi connectivity index (χ1n) is 6.99. The largest absolute Gasteiger partial charge is 0.465 e. The highest BCUT2D eigenvalue weighted by atomic mass is 19.1. The van der Waals surface area contributed by atoms with Crippen molar-refractivity contribution in [1.82, 2.24) is 9.80 Å². The summed E-state index contributed by atoms with van der Waals surface area (Å²) in [6, 6.07) is -0.141. The second-order valence-electron chi connectivity index (χ2n) is 5.47. The van der Waals surface area contributed by atoms with Gasteiger partial charge in [0.2, 0.25) is 0 Å². The van der Waals surface area contributed by atoms with E-state index in [1.54, 1.807) is 0 Å². The maximum atomic E-state index is 14.3. The van der Waals surface area contributed by atoms with E-state index in [1.807, 2.05) is 0 Å². The second kappa shape index (κ2) is 6.28. The van der Waals surface area contributed by atoms with Gasteiger partial charge in [-0.3, -0.25) is 4.79 Å². The van der Waals surface area contributed by atoms with Crippen molar-refractivity contribution in [3.8, 4) is 0 Å². The Kier molecular flexibility index (Phi) is 4.64. The zero-order chi connectivity index (χ0) is 15.6. The molecule has 1 saturated carbocycles. The Labute approximate surface area is 121 Å². The van der Waals surface area contributed by atoms with Crippen LogP contribution in [0.15, 0.2) is 0 Å². The summed E-state index contributed by atoms with van der Waals surface area (Å²) in [4.78, 5) is 36.1. The highest BCUT2D eigenvalue weighted by Crippen LogP contribution is 2.31. The van der Waals surface area contributed by atoms with Crippen LogP contribution < -0.4 is 0 Å². The van der Waals surface area contributed by atoms with Gasteiger partial charge in [0.25, 0.3) is 5.91 Å². The summed E-state index contributed by atoms with van der Waals surface area (Å²) in [5.74, 6) is -1.31. The third-order valence-corrected chi connectivity index (χ3v) is 4.27. The van der Waals surface area contributed by atoms with E-state index in [1.165, 1.54) is 11.9 Å². The molecular formula is C13H19FN2O5. The van der Waals surface area contributed by atoms with Gasteiger partial charge in [-0.05, 0) is 31.6 Å². The van der Waals surface area contributed by atoms with Crippen LogP contribution in [0, 0.1) is 5.92 Å². The van der Waals surface area contributed by atoms with Crippen LogP contribution in [0.5, 0.6) is 0 Å². The molecule has 0 radical (unpaired) electrons. The molecule has 1 saturated heterocycles. The van der Waals surface area contributed by atoms with Gasteiger partial charge in [-0.1, -0.05) is 0 Å². The van der Waals surface area contributed by atoms with Crippen molar-refractivity contribution in [3.63, 3.8) is 0 Å². The molecule has 0 bridgehead atoms. The van der Waals surface area contributed by atoms with Crippen LogP contribution in [0.4, 0.5) is 14.0 Å². The number of nitrogens with zero attached hydrogens (tertiary/aromatic N) is 2. The highest BCUT2D eigenvalue weighted by Gasteiger charge is 2.39. The Morgan fingerprint density at radius 3 is 2.48 bits per heavy atom. The Bertz CT molecular complexity index is 436. The van der Waals surface area contributed by atoms with Crippen LogP contribution in [0.25, 0.3) is 0 Å². The fraction of sp³-hybridized carbons (Fsp3) is 0.769. The van der Waals surface area contributed by atoms with Gasteiger partial charge in [0.05, 0.1) is 6.54 Å². The van der Waals surface area contributed by atoms with Gasteiger partial charge in [0.15, 0.2) is 6.17 Å². The van der Waals surface area contributed by atoms with E-state index in [0.717, 1.165) is 4.90 Å². The molecule has 0 spiro atoms. The number of carbonyl (C=O) groups excluding carboxylic acids is 2. The number of cyclic esters (lactones) is 1. The molecule has 0 aromatic heterocycles. The normalized spacial score (nSPS) is 27.1. The minimum atomic E-state index is -1.73. The fourth-order valence-corrected chi connectivity index (χ4v) is 2.88. The smallest absolute Gasteiger partial charge is 0.416 e. The average Bonchev–Trinajstić information content (AvgIpc) is 2.91. The van der Waals surface area contributed by atoms with E-state index in [9.17, 15) is 18.8 Å². The molecule has 7 nitrogen and oxygen atoms in total. The summed E-state index contributed by atoms with van der Waals surface area (Å²) in [5.41, 5.74) is 0. The summed E-state index contributed by atoms with van der Waals surface area (Å²) >= 11 is 0. The van der Waals surface area contributed by atoms with Crippen molar-refractivity contribution in [2.75, 3.05) is 20.2 Å². The van der Waals surface area contributed by atoms with Crippen LogP contribution in [0.3, 0.4) is 0 Å². The number of alkyl halides is 1. The molecule has 8 heteroatoms. The van der Waals surface area contributed by atoms with E-state index in [4.69, 9.17) is 5.11 Å². The molecule has 1 unspecified atom stereocenters. The lowest BCUT2D eigenvalue weighted by atomic mass is 9.82. The third-order valence-electron chi connectivity index (χ3n) is 4.27. The van der Waals surface area contributed by atoms with Crippen LogP contribution in [0.2, 0.25) is 0 Å². The molecule has 1 aliphatic heterocycles. The highest BCUT2D eigenvalue weighted by molar-refractivity contribution is 5.95. The zero-order valence-corrected chi connectivity index (χ0v) is 11.8. The monoisotopic (exact) mass is 302 g/mol. The molecule has 21 heavy (non-hydrogen) atoms. The van der Waals surface area contributed by atoms with Gasteiger partial charge < -0.3 is 14.7 Å². The van der Waals surface area contributed by atoms with Crippen molar-refractivity contribution in [3.05, 3.63) is 0 Å². The zero-order valence-electron chi connectivity index (χ0n) is 11.8. The number of halogens is 1. The van der Waals surface area contributed by atoms with Crippen LogP contribution in [0.1, 0.15) is 25.7 Å². The molecule has 1 atom stereocenters. The molecular weight excluding hydrogens is 283 g/mol. The standard InChI is InChI=1S/C13H19FN2O5/c1-15(12(18)19)9-4-2-8(3-5-9)10(14)11(17)16-6-7-21-13(16)20/h8-10H,2-7H2,1H3,(H,18,19)/t8-,9-,10?. The second-order valence-corrected chi connectivity index (χ2v) is 5.47. The minimum Gasteiger partial charge on any atom is -0.465 e. The molecule has 2 aliphatic rings. The SMILES string of the molecule is CN(C(=O)O)[C@H]1CC[C@H](C(F)C(=O)N2CCOC2=O)CC1. The predicted molar refractivity (Wildman–Crippen MR) is 69.5 cm³/mol. The molecule has 0 aromatic rings. The summed E-state index contributed by atoms with van der Waals surface area (Å²) in [6.07, 6.45) is -1.63. The van der Waals surface area contributed by atoms with Crippen molar-refractivity contribution >= 4 is 18.1 Å². The van der Waals surface area contributed by atoms with Crippen molar-refractivity contribution < 1.29 is 28.6 Å². The molecule has 0 aromatic carbocycles. The van der Waals surface area contributed by atoms with Gasteiger partial charge in [0.1, 0.15) is 6.61 Å².